The van der Waals surface area contributed by atoms with E-state index in [2.05, 4.69) is 15.6 Å². The Morgan fingerprint density at radius 2 is 1.77 bits per heavy atom. The summed E-state index contributed by atoms with van der Waals surface area (Å²) in [6.07, 6.45) is -1.31. The summed E-state index contributed by atoms with van der Waals surface area (Å²) in [5.41, 5.74) is 1.39. The van der Waals surface area contributed by atoms with Crippen molar-refractivity contribution in [1.29, 1.82) is 0 Å². The maximum Gasteiger partial charge on any atom is 0.433 e. The molecule has 2 aromatic carbocycles. The number of pyridine rings is 1. The second-order valence-corrected chi connectivity index (χ2v) is 8.12. The van der Waals surface area contributed by atoms with Gasteiger partial charge in [-0.1, -0.05) is 29.8 Å². The molecule has 4 rings (SSSR count). The molecule has 1 saturated carbocycles. The van der Waals surface area contributed by atoms with Gasteiger partial charge in [0, 0.05) is 28.7 Å². The number of carbonyl (C=O) groups is 1. The van der Waals surface area contributed by atoms with Crippen LogP contribution in [0.25, 0.3) is 10.9 Å². The van der Waals surface area contributed by atoms with Crippen LogP contribution in [0.5, 0.6) is 0 Å². The van der Waals surface area contributed by atoms with Gasteiger partial charge in [0.15, 0.2) is 0 Å². The van der Waals surface area contributed by atoms with Crippen molar-refractivity contribution in [1.82, 2.24) is 10.3 Å². The van der Waals surface area contributed by atoms with Gasteiger partial charge in [-0.25, -0.2) is 4.98 Å². The Kier molecular flexibility index (Phi) is 5.85. The molecule has 1 fully saturated rings. The third kappa shape index (κ3) is 4.98. The number of fused-ring (bicyclic) bond motifs is 1. The third-order valence-electron chi connectivity index (χ3n) is 5.66. The van der Waals surface area contributed by atoms with Gasteiger partial charge in [0.25, 0.3) is 5.91 Å². The van der Waals surface area contributed by atoms with Crippen LogP contribution in [-0.2, 0) is 6.18 Å². The van der Waals surface area contributed by atoms with E-state index in [9.17, 15) is 18.0 Å². The zero-order valence-electron chi connectivity index (χ0n) is 17.2. The topological polar surface area (TPSA) is 54.0 Å². The molecule has 7 heteroatoms. The fourth-order valence-corrected chi connectivity index (χ4v) is 4.13. The molecule has 0 aliphatic heterocycles. The molecule has 31 heavy (non-hydrogen) atoms. The Balaban J connectivity index is 1.54. The highest BCUT2D eigenvalue weighted by molar-refractivity contribution is 5.94. The van der Waals surface area contributed by atoms with Crippen molar-refractivity contribution >= 4 is 22.5 Å². The van der Waals surface area contributed by atoms with E-state index in [1.165, 1.54) is 0 Å². The molecule has 2 atom stereocenters. The average Bonchev–Trinajstić information content (AvgIpc) is 2.74. The minimum absolute atomic E-state index is 0.0316. The van der Waals surface area contributed by atoms with Gasteiger partial charge in [-0.3, -0.25) is 4.79 Å². The van der Waals surface area contributed by atoms with Crippen LogP contribution in [0.1, 0.15) is 47.3 Å². The van der Waals surface area contributed by atoms with Gasteiger partial charge < -0.3 is 10.6 Å². The molecule has 1 aliphatic rings. The first-order valence-corrected chi connectivity index (χ1v) is 10.4. The molecule has 0 spiro atoms. The van der Waals surface area contributed by atoms with Crippen LogP contribution in [0.2, 0.25) is 0 Å². The SMILES string of the molecule is Cc1ccc2nc(C(F)(F)F)cc(N[C@H]3CCC[C@@H](NC(=O)c4ccccc4)C3)c2c1. The lowest BCUT2D eigenvalue weighted by Gasteiger charge is -2.31. The van der Waals surface area contributed by atoms with Gasteiger partial charge in [0.2, 0.25) is 0 Å². The molecular formula is C24H24F3N3O. The minimum atomic E-state index is -4.52. The van der Waals surface area contributed by atoms with Crippen LogP contribution >= 0.6 is 0 Å². The van der Waals surface area contributed by atoms with Crippen molar-refractivity contribution in [3.8, 4) is 0 Å². The number of aromatic nitrogens is 1. The Morgan fingerprint density at radius 3 is 2.52 bits per heavy atom. The van der Waals surface area contributed by atoms with Gasteiger partial charge in [-0.2, -0.15) is 13.2 Å². The predicted octanol–water partition coefficient (Wildman–Crippen LogP) is 5.72. The summed E-state index contributed by atoms with van der Waals surface area (Å²) in [6.45, 7) is 1.90. The second-order valence-electron chi connectivity index (χ2n) is 8.12. The minimum Gasteiger partial charge on any atom is -0.382 e. The number of amides is 1. The Labute approximate surface area is 178 Å². The third-order valence-corrected chi connectivity index (χ3v) is 5.66. The fraction of sp³-hybridized carbons (Fsp3) is 0.333. The van der Waals surface area contributed by atoms with E-state index in [4.69, 9.17) is 0 Å². The van der Waals surface area contributed by atoms with E-state index in [0.29, 0.717) is 28.6 Å². The highest BCUT2D eigenvalue weighted by atomic mass is 19.4. The Bertz CT molecular complexity index is 1080. The highest BCUT2D eigenvalue weighted by Crippen LogP contribution is 2.34. The molecule has 1 aromatic heterocycles. The molecule has 0 unspecified atom stereocenters. The van der Waals surface area contributed by atoms with Crippen molar-refractivity contribution in [2.24, 2.45) is 0 Å². The Hall–Kier alpha value is -3.09. The molecule has 3 aromatic rings. The van der Waals surface area contributed by atoms with E-state index in [0.717, 1.165) is 30.9 Å². The van der Waals surface area contributed by atoms with Crippen LogP contribution < -0.4 is 10.6 Å². The summed E-state index contributed by atoms with van der Waals surface area (Å²) in [7, 11) is 0. The molecule has 0 bridgehead atoms. The monoisotopic (exact) mass is 427 g/mol. The first kappa shape index (κ1) is 21.2. The molecule has 2 N–H and O–H groups in total. The number of benzene rings is 2. The lowest BCUT2D eigenvalue weighted by atomic mass is 9.90. The van der Waals surface area contributed by atoms with E-state index >= 15 is 0 Å². The van der Waals surface area contributed by atoms with Gasteiger partial charge in [-0.05, 0) is 62.9 Å². The number of nitrogens with zero attached hydrogens (tertiary/aromatic N) is 1. The lowest BCUT2D eigenvalue weighted by molar-refractivity contribution is -0.140. The number of hydrogen-bond donors (Lipinski definition) is 2. The average molecular weight is 427 g/mol. The van der Waals surface area contributed by atoms with Crippen LogP contribution in [0.4, 0.5) is 18.9 Å². The zero-order valence-corrected chi connectivity index (χ0v) is 17.2. The first-order valence-electron chi connectivity index (χ1n) is 10.4. The number of anilines is 1. The molecule has 162 valence electrons. The summed E-state index contributed by atoms with van der Waals surface area (Å²) in [6, 6.07) is 15.3. The molecule has 0 saturated heterocycles. The normalized spacial score (nSPS) is 19.2. The molecule has 1 aliphatic carbocycles. The largest absolute Gasteiger partial charge is 0.433 e. The number of halogens is 3. The number of carbonyl (C=O) groups excluding carboxylic acids is 1. The van der Waals surface area contributed by atoms with Crippen LogP contribution in [-0.4, -0.2) is 23.0 Å². The standard InChI is InChI=1S/C24H24F3N3O/c1-15-10-11-20-19(12-15)21(14-22(30-20)24(25,26)27)28-17-8-5-9-18(13-17)29-23(31)16-6-3-2-4-7-16/h2-4,6-7,10-12,14,17-18H,5,8-9,13H2,1H3,(H,28,30)(H,29,31)/t17-,18+/m0/s1. The lowest BCUT2D eigenvalue weighted by Crippen LogP contribution is -2.41. The van der Waals surface area contributed by atoms with Crippen molar-refractivity contribution in [3.63, 3.8) is 0 Å². The summed E-state index contributed by atoms with van der Waals surface area (Å²) in [4.78, 5) is 16.3. The molecule has 4 nitrogen and oxygen atoms in total. The number of rotatable bonds is 4. The van der Waals surface area contributed by atoms with Crippen LogP contribution in [0.15, 0.2) is 54.6 Å². The highest BCUT2D eigenvalue weighted by Gasteiger charge is 2.34. The van der Waals surface area contributed by atoms with Crippen molar-refractivity contribution in [3.05, 3.63) is 71.4 Å². The van der Waals surface area contributed by atoms with Crippen molar-refractivity contribution < 1.29 is 18.0 Å². The number of aryl methyl sites for hydroxylation is 1. The molecule has 1 amide bonds. The van der Waals surface area contributed by atoms with Gasteiger partial charge in [-0.15, -0.1) is 0 Å². The van der Waals surface area contributed by atoms with Crippen LogP contribution in [0, 0.1) is 6.92 Å². The van der Waals surface area contributed by atoms with Crippen molar-refractivity contribution in [2.75, 3.05) is 5.32 Å². The summed E-state index contributed by atoms with van der Waals surface area (Å²) in [5.74, 6) is -0.129. The van der Waals surface area contributed by atoms with E-state index in [1.807, 2.05) is 31.2 Å². The van der Waals surface area contributed by atoms with Crippen molar-refractivity contribution in [2.45, 2.75) is 50.9 Å². The van der Waals surface area contributed by atoms with E-state index < -0.39 is 11.9 Å². The quantitative estimate of drug-likeness (QED) is 0.560. The maximum atomic E-state index is 13.4. The predicted molar refractivity (Wildman–Crippen MR) is 115 cm³/mol. The summed E-state index contributed by atoms with van der Waals surface area (Å²) < 4.78 is 40.1. The molecular weight excluding hydrogens is 403 g/mol. The van der Waals surface area contributed by atoms with Gasteiger partial charge in [0.05, 0.1) is 5.52 Å². The van der Waals surface area contributed by atoms with Gasteiger partial charge >= 0.3 is 6.18 Å². The number of hydrogen-bond acceptors (Lipinski definition) is 3. The van der Waals surface area contributed by atoms with Gasteiger partial charge in [0.1, 0.15) is 5.69 Å². The summed E-state index contributed by atoms with van der Waals surface area (Å²) >= 11 is 0. The fourth-order valence-electron chi connectivity index (χ4n) is 4.13. The first-order chi connectivity index (χ1) is 14.8. The Morgan fingerprint density at radius 1 is 1.03 bits per heavy atom. The molecule has 0 radical (unpaired) electrons. The number of alkyl halides is 3. The second kappa shape index (κ2) is 8.57. The molecule has 1 heterocycles. The van der Waals surface area contributed by atoms with E-state index in [-0.39, 0.29) is 18.0 Å². The van der Waals surface area contributed by atoms with E-state index in [1.54, 1.807) is 24.3 Å². The van der Waals surface area contributed by atoms with Crippen LogP contribution in [0.3, 0.4) is 0 Å². The number of nitrogens with one attached hydrogen (secondary N) is 2. The summed E-state index contributed by atoms with van der Waals surface area (Å²) in [5, 5.41) is 7.05. The smallest absolute Gasteiger partial charge is 0.382 e. The maximum absolute atomic E-state index is 13.4. The zero-order chi connectivity index (χ0) is 22.0.